The second kappa shape index (κ2) is 4.45. The van der Waals surface area contributed by atoms with Crippen LogP contribution in [-0.4, -0.2) is 8.75 Å². The van der Waals surface area contributed by atoms with Crippen molar-refractivity contribution in [2.45, 2.75) is 6.04 Å². The second-order valence-corrected chi connectivity index (χ2v) is 4.29. The Kier molecular flexibility index (Phi) is 3.21. The van der Waals surface area contributed by atoms with Gasteiger partial charge in [0.25, 0.3) is 0 Å². The topological polar surface area (TPSA) is 51.8 Å². The van der Waals surface area contributed by atoms with Crippen molar-refractivity contribution >= 4 is 34.9 Å². The van der Waals surface area contributed by atoms with Gasteiger partial charge in [-0.1, -0.05) is 35.3 Å². The maximum atomic E-state index is 6.05. The molecule has 2 aromatic rings. The summed E-state index contributed by atoms with van der Waals surface area (Å²) in [5.41, 5.74) is 7.45. The van der Waals surface area contributed by atoms with E-state index in [-0.39, 0.29) is 6.04 Å². The number of hydrogen-bond acceptors (Lipinski definition) is 4. The zero-order chi connectivity index (χ0) is 10.8. The summed E-state index contributed by atoms with van der Waals surface area (Å²) in [6.07, 6.45) is 1.63. The van der Waals surface area contributed by atoms with Crippen LogP contribution >= 0.6 is 34.9 Å². The molecule has 0 aliphatic carbocycles. The summed E-state index contributed by atoms with van der Waals surface area (Å²) in [6, 6.07) is 4.98. The van der Waals surface area contributed by atoms with Gasteiger partial charge < -0.3 is 5.73 Å². The SMILES string of the molecule is NC(c1cnsn1)c1cccc(Cl)c1Cl. The van der Waals surface area contributed by atoms with E-state index >= 15 is 0 Å². The van der Waals surface area contributed by atoms with Crippen LogP contribution in [0, 0.1) is 0 Å². The van der Waals surface area contributed by atoms with E-state index in [1.54, 1.807) is 12.3 Å². The van der Waals surface area contributed by atoms with Crippen molar-refractivity contribution in [3.05, 3.63) is 45.7 Å². The van der Waals surface area contributed by atoms with Crippen molar-refractivity contribution in [2.75, 3.05) is 0 Å². The zero-order valence-corrected chi connectivity index (χ0v) is 9.85. The van der Waals surface area contributed by atoms with Gasteiger partial charge in [-0.05, 0) is 11.6 Å². The van der Waals surface area contributed by atoms with Crippen LogP contribution in [0.1, 0.15) is 17.3 Å². The van der Waals surface area contributed by atoms with Crippen LogP contribution in [0.2, 0.25) is 10.0 Å². The lowest BCUT2D eigenvalue weighted by Gasteiger charge is -2.11. The highest BCUT2D eigenvalue weighted by Crippen LogP contribution is 2.31. The van der Waals surface area contributed by atoms with Gasteiger partial charge >= 0.3 is 0 Å². The number of nitrogens with zero attached hydrogens (tertiary/aromatic N) is 2. The van der Waals surface area contributed by atoms with Crippen LogP contribution in [0.25, 0.3) is 0 Å². The summed E-state index contributed by atoms with van der Waals surface area (Å²) >= 11 is 13.1. The molecule has 2 N–H and O–H groups in total. The Bertz CT molecular complexity index is 458. The van der Waals surface area contributed by atoms with Gasteiger partial charge in [-0.3, -0.25) is 0 Å². The van der Waals surface area contributed by atoms with Gasteiger partial charge in [0.15, 0.2) is 0 Å². The summed E-state index contributed by atoms with van der Waals surface area (Å²) in [7, 11) is 0. The molecule has 1 heterocycles. The molecule has 2 rings (SSSR count). The molecule has 0 radical (unpaired) electrons. The van der Waals surface area contributed by atoms with Gasteiger partial charge in [-0.15, -0.1) is 0 Å². The molecule has 1 aromatic carbocycles. The molecule has 3 nitrogen and oxygen atoms in total. The first-order valence-electron chi connectivity index (χ1n) is 4.17. The number of benzene rings is 1. The molecule has 0 saturated heterocycles. The van der Waals surface area contributed by atoms with E-state index in [2.05, 4.69) is 8.75 Å². The lowest BCUT2D eigenvalue weighted by molar-refractivity contribution is 0.844. The van der Waals surface area contributed by atoms with E-state index in [1.165, 1.54) is 0 Å². The van der Waals surface area contributed by atoms with Gasteiger partial charge in [-0.25, -0.2) is 0 Å². The molecule has 1 unspecified atom stereocenters. The lowest BCUT2D eigenvalue weighted by atomic mass is 10.1. The van der Waals surface area contributed by atoms with E-state index < -0.39 is 0 Å². The van der Waals surface area contributed by atoms with Gasteiger partial charge in [0.05, 0.1) is 39.7 Å². The molecular formula is C9H7Cl2N3S. The fourth-order valence-corrected chi connectivity index (χ4v) is 2.11. The monoisotopic (exact) mass is 259 g/mol. The van der Waals surface area contributed by atoms with E-state index in [9.17, 15) is 0 Å². The molecule has 0 aliphatic heterocycles. The van der Waals surface area contributed by atoms with Crippen LogP contribution in [0.4, 0.5) is 0 Å². The van der Waals surface area contributed by atoms with Crippen LogP contribution in [-0.2, 0) is 0 Å². The summed E-state index contributed by atoms with van der Waals surface area (Å²) in [5, 5.41) is 0.965. The molecule has 0 spiro atoms. The molecule has 0 fully saturated rings. The molecule has 6 heteroatoms. The minimum Gasteiger partial charge on any atom is -0.319 e. The maximum Gasteiger partial charge on any atom is 0.0956 e. The largest absolute Gasteiger partial charge is 0.319 e. The van der Waals surface area contributed by atoms with Crippen molar-refractivity contribution in [1.82, 2.24) is 8.75 Å². The smallest absolute Gasteiger partial charge is 0.0956 e. The predicted molar refractivity (Wildman–Crippen MR) is 62.4 cm³/mol. The Labute approximate surface area is 101 Å². The van der Waals surface area contributed by atoms with Crippen LogP contribution in [0.15, 0.2) is 24.4 Å². The Hall–Kier alpha value is -0.680. The van der Waals surface area contributed by atoms with E-state index in [1.807, 2.05) is 12.1 Å². The minimum absolute atomic E-state index is 0.380. The molecule has 15 heavy (non-hydrogen) atoms. The fraction of sp³-hybridized carbons (Fsp3) is 0.111. The average molecular weight is 260 g/mol. The minimum atomic E-state index is -0.380. The van der Waals surface area contributed by atoms with Crippen LogP contribution in [0.5, 0.6) is 0 Å². The third kappa shape index (κ3) is 2.13. The van der Waals surface area contributed by atoms with Gasteiger partial charge in [-0.2, -0.15) is 8.75 Å². The highest BCUT2D eigenvalue weighted by atomic mass is 35.5. The van der Waals surface area contributed by atoms with Crippen molar-refractivity contribution < 1.29 is 0 Å². The summed E-state index contributed by atoms with van der Waals surface area (Å²) < 4.78 is 7.96. The molecule has 1 atom stereocenters. The fourth-order valence-electron chi connectivity index (χ4n) is 1.23. The normalized spacial score (nSPS) is 12.7. The Morgan fingerprint density at radius 1 is 1.33 bits per heavy atom. The first-order chi connectivity index (χ1) is 7.20. The van der Waals surface area contributed by atoms with E-state index in [4.69, 9.17) is 28.9 Å². The first kappa shape index (κ1) is 10.8. The zero-order valence-electron chi connectivity index (χ0n) is 7.52. The van der Waals surface area contributed by atoms with Gasteiger partial charge in [0.1, 0.15) is 0 Å². The van der Waals surface area contributed by atoms with Crippen molar-refractivity contribution in [3.8, 4) is 0 Å². The Balaban J connectivity index is 2.42. The number of halogens is 2. The average Bonchev–Trinajstić information content (AvgIpc) is 2.74. The molecule has 78 valence electrons. The molecular weight excluding hydrogens is 253 g/mol. The number of rotatable bonds is 2. The highest BCUT2D eigenvalue weighted by molar-refractivity contribution is 6.99. The van der Waals surface area contributed by atoms with Gasteiger partial charge in [0.2, 0.25) is 0 Å². The molecule has 1 aromatic heterocycles. The number of nitrogens with two attached hydrogens (primary N) is 1. The quantitative estimate of drug-likeness (QED) is 0.903. The number of hydrogen-bond donors (Lipinski definition) is 1. The standard InChI is InChI=1S/C9H7Cl2N3S/c10-6-3-1-2-5(8(6)11)9(12)7-4-13-15-14-7/h1-4,9H,12H2. The third-order valence-corrected chi connectivity index (χ3v) is 3.34. The summed E-state index contributed by atoms with van der Waals surface area (Å²) in [5.74, 6) is 0. The molecule has 0 bridgehead atoms. The van der Waals surface area contributed by atoms with Crippen molar-refractivity contribution in [3.63, 3.8) is 0 Å². The highest BCUT2D eigenvalue weighted by Gasteiger charge is 2.16. The lowest BCUT2D eigenvalue weighted by Crippen LogP contribution is -2.12. The van der Waals surface area contributed by atoms with Crippen LogP contribution in [0.3, 0.4) is 0 Å². The number of aromatic nitrogens is 2. The summed E-state index contributed by atoms with van der Waals surface area (Å²) in [4.78, 5) is 0. The van der Waals surface area contributed by atoms with E-state index in [0.29, 0.717) is 15.7 Å². The first-order valence-corrected chi connectivity index (χ1v) is 5.65. The Morgan fingerprint density at radius 3 is 2.80 bits per heavy atom. The second-order valence-electron chi connectivity index (χ2n) is 2.95. The van der Waals surface area contributed by atoms with Gasteiger partial charge in [0, 0.05) is 0 Å². The van der Waals surface area contributed by atoms with Crippen molar-refractivity contribution in [2.24, 2.45) is 5.73 Å². The molecule has 0 amide bonds. The van der Waals surface area contributed by atoms with Crippen LogP contribution < -0.4 is 5.73 Å². The summed E-state index contributed by atoms with van der Waals surface area (Å²) in [6.45, 7) is 0. The third-order valence-electron chi connectivity index (χ3n) is 2.01. The molecule has 0 saturated carbocycles. The maximum absolute atomic E-state index is 6.05. The van der Waals surface area contributed by atoms with Crippen molar-refractivity contribution in [1.29, 1.82) is 0 Å². The molecule has 0 aliphatic rings. The van der Waals surface area contributed by atoms with E-state index in [0.717, 1.165) is 17.3 Å². The Morgan fingerprint density at radius 2 is 2.13 bits per heavy atom. The predicted octanol–water partition coefficient (Wildman–Crippen LogP) is 2.89.